The first-order chi connectivity index (χ1) is 9.65. The molecule has 1 aliphatic rings. The molecule has 0 bridgehead atoms. The van der Waals surface area contributed by atoms with E-state index in [4.69, 9.17) is 0 Å². The van der Waals surface area contributed by atoms with Gasteiger partial charge in [0.15, 0.2) is 5.13 Å². The Bertz CT molecular complexity index is 645. The van der Waals surface area contributed by atoms with Crippen LogP contribution in [0.1, 0.15) is 26.5 Å². The number of carbonyl (C=O) groups is 1. The minimum Gasteiger partial charge on any atom is -0.311 e. The second kappa shape index (κ2) is 5.30. The lowest BCUT2D eigenvalue weighted by Gasteiger charge is -2.09. The third-order valence-electron chi connectivity index (χ3n) is 3.26. The van der Waals surface area contributed by atoms with Crippen LogP contribution in [-0.4, -0.2) is 17.4 Å². The molecule has 1 amide bonds. The van der Waals surface area contributed by atoms with Crippen molar-refractivity contribution in [3.8, 4) is 0 Å². The Morgan fingerprint density at radius 2 is 2.35 bits per heavy atom. The predicted octanol–water partition coefficient (Wildman–Crippen LogP) is 2.49. The summed E-state index contributed by atoms with van der Waals surface area (Å²) in [5.74, 6) is -0.932. The van der Waals surface area contributed by atoms with Gasteiger partial charge >= 0.3 is 0 Å². The lowest BCUT2D eigenvalue weighted by atomic mass is 10.1. The first-order valence-electron chi connectivity index (χ1n) is 6.41. The van der Waals surface area contributed by atoms with Gasteiger partial charge in [0.25, 0.3) is 5.91 Å². The third-order valence-corrected chi connectivity index (χ3v) is 4.27. The third kappa shape index (κ3) is 2.44. The number of nitrogens with zero attached hydrogens (tertiary/aromatic N) is 1. The van der Waals surface area contributed by atoms with E-state index in [0.717, 1.165) is 30.1 Å². The summed E-state index contributed by atoms with van der Waals surface area (Å²) in [6, 6.07) is 4.79. The maximum Gasteiger partial charge on any atom is 0.260 e. The van der Waals surface area contributed by atoms with Crippen molar-refractivity contribution in [2.75, 3.05) is 11.9 Å². The first kappa shape index (κ1) is 13.2. The summed E-state index contributed by atoms with van der Waals surface area (Å²) in [5, 5.41) is 6.47. The number of benzene rings is 1. The minimum atomic E-state index is -0.479. The molecule has 0 saturated heterocycles. The van der Waals surface area contributed by atoms with E-state index in [0.29, 0.717) is 10.7 Å². The highest BCUT2D eigenvalue weighted by molar-refractivity contribution is 7.15. The second-order valence-electron chi connectivity index (χ2n) is 4.71. The smallest absolute Gasteiger partial charge is 0.260 e. The Kier molecular flexibility index (Phi) is 3.50. The highest BCUT2D eigenvalue weighted by Gasteiger charge is 2.18. The summed E-state index contributed by atoms with van der Waals surface area (Å²) in [6.07, 6.45) is 0.862. The highest BCUT2D eigenvalue weighted by Crippen LogP contribution is 2.26. The topological polar surface area (TPSA) is 54.0 Å². The number of amides is 1. The molecular weight excluding hydrogens is 277 g/mol. The maximum absolute atomic E-state index is 13.9. The summed E-state index contributed by atoms with van der Waals surface area (Å²) >= 11 is 1.44. The average Bonchev–Trinajstić information content (AvgIpc) is 2.83. The molecule has 0 fully saturated rings. The van der Waals surface area contributed by atoms with Gasteiger partial charge in [0.05, 0.1) is 11.3 Å². The van der Waals surface area contributed by atoms with Crippen LogP contribution in [0.5, 0.6) is 0 Å². The molecule has 6 heteroatoms. The minimum absolute atomic E-state index is 0.0521. The monoisotopic (exact) mass is 291 g/mol. The van der Waals surface area contributed by atoms with Gasteiger partial charge in [-0.2, -0.15) is 0 Å². The van der Waals surface area contributed by atoms with E-state index in [1.54, 1.807) is 19.1 Å². The lowest BCUT2D eigenvalue weighted by molar-refractivity contribution is 0.102. The van der Waals surface area contributed by atoms with Crippen molar-refractivity contribution in [1.82, 2.24) is 10.3 Å². The maximum atomic E-state index is 13.9. The number of thiazole rings is 1. The molecule has 0 unspecified atom stereocenters. The van der Waals surface area contributed by atoms with Crippen LogP contribution < -0.4 is 10.6 Å². The van der Waals surface area contributed by atoms with E-state index in [1.165, 1.54) is 17.4 Å². The molecule has 0 spiro atoms. The van der Waals surface area contributed by atoms with Gasteiger partial charge in [0, 0.05) is 24.4 Å². The molecular formula is C14H14FN3OS. The molecule has 3 rings (SSSR count). The zero-order valence-electron chi connectivity index (χ0n) is 11.0. The Balaban J connectivity index is 1.82. The van der Waals surface area contributed by atoms with Gasteiger partial charge in [-0.15, -0.1) is 11.3 Å². The van der Waals surface area contributed by atoms with E-state index in [9.17, 15) is 9.18 Å². The predicted molar refractivity (Wildman–Crippen MR) is 76.6 cm³/mol. The van der Waals surface area contributed by atoms with Crippen molar-refractivity contribution >= 4 is 22.4 Å². The molecule has 0 atom stereocenters. The van der Waals surface area contributed by atoms with E-state index in [2.05, 4.69) is 15.6 Å². The van der Waals surface area contributed by atoms with Crippen LogP contribution in [0.4, 0.5) is 9.52 Å². The number of aromatic nitrogens is 1. The SMILES string of the molecule is Cc1cccc(C(=O)Nc2nc3c(s2)CNCC3)c1F. The quantitative estimate of drug-likeness (QED) is 0.894. The van der Waals surface area contributed by atoms with Crippen molar-refractivity contribution in [2.45, 2.75) is 19.9 Å². The molecule has 2 aromatic rings. The Morgan fingerprint density at radius 1 is 1.50 bits per heavy atom. The lowest BCUT2D eigenvalue weighted by Crippen LogP contribution is -2.22. The zero-order chi connectivity index (χ0) is 14.1. The van der Waals surface area contributed by atoms with Gasteiger partial charge in [0.1, 0.15) is 5.82 Å². The number of rotatable bonds is 2. The number of nitrogens with one attached hydrogen (secondary N) is 2. The fraction of sp³-hybridized carbons (Fsp3) is 0.286. The molecule has 104 valence electrons. The molecule has 1 aromatic heterocycles. The van der Waals surface area contributed by atoms with Crippen LogP contribution in [0.25, 0.3) is 0 Å². The van der Waals surface area contributed by atoms with E-state index in [1.807, 2.05) is 0 Å². The number of halogens is 1. The number of anilines is 1. The summed E-state index contributed by atoms with van der Waals surface area (Å²) in [7, 11) is 0. The summed E-state index contributed by atoms with van der Waals surface area (Å²) in [5.41, 5.74) is 1.53. The number of fused-ring (bicyclic) bond motifs is 1. The van der Waals surface area contributed by atoms with Crippen LogP contribution in [0.2, 0.25) is 0 Å². The summed E-state index contributed by atoms with van der Waals surface area (Å²) < 4.78 is 13.9. The fourth-order valence-electron chi connectivity index (χ4n) is 2.17. The van der Waals surface area contributed by atoms with Crippen molar-refractivity contribution in [3.05, 3.63) is 45.7 Å². The van der Waals surface area contributed by atoms with Gasteiger partial charge in [0.2, 0.25) is 0 Å². The molecule has 20 heavy (non-hydrogen) atoms. The van der Waals surface area contributed by atoms with Crippen LogP contribution in [-0.2, 0) is 13.0 Å². The average molecular weight is 291 g/mol. The van der Waals surface area contributed by atoms with Gasteiger partial charge < -0.3 is 5.32 Å². The fourth-order valence-corrected chi connectivity index (χ4v) is 3.14. The molecule has 0 aliphatic carbocycles. The largest absolute Gasteiger partial charge is 0.311 e. The Morgan fingerprint density at radius 3 is 3.15 bits per heavy atom. The normalized spacial score (nSPS) is 13.9. The van der Waals surface area contributed by atoms with Crippen LogP contribution >= 0.6 is 11.3 Å². The molecule has 0 radical (unpaired) electrons. The number of carbonyl (C=O) groups excluding carboxylic acids is 1. The standard InChI is InChI=1S/C14H14FN3OS/c1-8-3-2-4-9(12(8)15)13(19)18-14-17-10-5-6-16-7-11(10)20-14/h2-4,16H,5-7H2,1H3,(H,17,18,19). The Hall–Kier alpha value is -1.79. The number of aryl methyl sites for hydroxylation is 1. The van der Waals surface area contributed by atoms with Crippen molar-refractivity contribution in [3.63, 3.8) is 0 Å². The molecule has 1 aromatic carbocycles. The van der Waals surface area contributed by atoms with E-state index < -0.39 is 11.7 Å². The second-order valence-corrected chi connectivity index (χ2v) is 5.79. The van der Waals surface area contributed by atoms with Crippen molar-refractivity contribution < 1.29 is 9.18 Å². The molecule has 4 nitrogen and oxygen atoms in total. The Labute approximate surface area is 120 Å². The molecule has 2 heterocycles. The van der Waals surface area contributed by atoms with Crippen LogP contribution in [0.3, 0.4) is 0 Å². The highest BCUT2D eigenvalue weighted by atomic mass is 32.1. The van der Waals surface area contributed by atoms with Gasteiger partial charge in [-0.3, -0.25) is 10.1 Å². The van der Waals surface area contributed by atoms with Gasteiger partial charge in [-0.1, -0.05) is 12.1 Å². The summed E-state index contributed by atoms with van der Waals surface area (Å²) in [4.78, 5) is 17.6. The molecule has 1 aliphatic heterocycles. The van der Waals surface area contributed by atoms with Crippen LogP contribution in [0, 0.1) is 12.7 Å². The van der Waals surface area contributed by atoms with Gasteiger partial charge in [-0.25, -0.2) is 9.37 Å². The number of hydrogen-bond acceptors (Lipinski definition) is 4. The van der Waals surface area contributed by atoms with Crippen molar-refractivity contribution in [1.29, 1.82) is 0 Å². The number of hydrogen-bond donors (Lipinski definition) is 2. The van der Waals surface area contributed by atoms with Crippen molar-refractivity contribution in [2.24, 2.45) is 0 Å². The summed E-state index contributed by atoms with van der Waals surface area (Å²) in [6.45, 7) is 3.32. The van der Waals surface area contributed by atoms with Gasteiger partial charge in [-0.05, 0) is 18.6 Å². The zero-order valence-corrected chi connectivity index (χ0v) is 11.8. The van der Waals surface area contributed by atoms with Crippen LogP contribution in [0.15, 0.2) is 18.2 Å². The van der Waals surface area contributed by atoms with E-state index >= 15 is 0 Å². The molecule has 2 N–H and O–H groups in total. The van der Waals surface area contributed by atoms with E-state index in [-0.39, 0.29) is 5.56 Å². The molecule has 0 saturated carbocycles. The first-order valence-corrected chi connectivity index (χ1v) is 7.22.